The molecule has 0 aromatic heterocycles. The molecule has 3 aromatic rings. The zero-order valence-electron chi connectivity index (χ0n) is 16.2. The minimum atomic E-state index is -0.609. The van der Waals surface area contributed by atoms with Gasteiger partial charge in [0.15, 0.2) is 0 Å². The fourth-order valence-corrected chi connectivity index (χ4v) is 2.55. The van der Waals surface area contributed by atoms with E-state index in [9.17, 15) is 9.59 Å². The highest BCUT2D eigenvalue weighted by molar-refractivity contribution is 5.94. The van der Waals surface area contributed by atoms with E-state index in [4.69, 9.17) is 24.2 Å². The average Bonchev–Trinajstić information content (AvgIpc) is 2.79. The van der Waals surface area contributed by atoms with Crippen LogP contribution in [0, 0.1) is 11.3 Å². The zero-order chi connectivity index (χ0) is 21.5. The smallest absolute Gasteiger partial charge is 0.347 e. The van der Waals surface area contributed by atoms with Gasteiger partial charge in [-0.25, -0.2) is 9.59 Å². The molecule has 3 aromatic carbocycles. The first-order chi connectivity index (χ1) is 14.5. The van der Waals surface area contributed by atoms with E-state index < -0.39 is 11.9 Å². The molecular weight excluding hydrogens is 386 g/mol. The largest absolute Gasteiger partial charge is 0.497 e. The Kier molecular flexibility index (Phi) is 6.30. The lowest BCUT2D eigenvalue weighted by molar-refractivity contribution is 0.0728. The molecule has 0 atom stereocenters. The molecule has 0 saturated heterocycles. The number of carbonyl (C=O) groups excluding carboxylic acids is 2. The maximum absolute atomic E-state index is 12.4. The van der Waals surface area contributed by atoms with Crippen LogP contribution in [0.1, 0.15) is 26.3 Å². The average molecular weight is 403 g/mol. The molecule has 0 unspecified atom stereocenters. The molecule has 0 heterocycles. The fourth-order valence-electron chi connectivity index (χ4n) is 2.55. The first kappa shape index (κ1) is 20.4. The molecule has 7 nitrogen and oxygen atoms in total. The van der Waals surface area contributed by atoms with Gasteiger partial charge in [-0.2, -0.15) is 5.26 Å². The molecule has 0 N–H and O–H groups in total. The van der Waals surface area contributed by atoms with E-state index in [0.29, 0.717) is 22.8 Å². The fraction of sp³-hybridized carbons (Fsp3) is 0.0870. The van der Waals surface area contributed by atoms with E-state index in [0.717, 1.165) is 0 Å². The third-order valence-corrected chi connectivity index (χ3v) is 4.12. The normalized spacial score (nSPS) is 9.90. The minimum absolute atomic E-state index is 0.239. The summed E-state index contributed by atoms with van der Waals surface area (Å²) >= 11 is 0. The first-order valence-electron chi connectivity index (χ1n) is 8.80. The van der Waals surface area contributed by atoms with Crippen molar-refractivity contribution in [1.82, 2.24) is 0 Å². The Hall–Kier alpha value is -4.31. The van der Waals surface area contributed by atoms with Crippen molar-refractivity contribution in [3.63, 3.8) is 0 Å². The van der Waals surface area contributed by atoms with Crippen LogP contribution in [0.4, 0.5) is 0 Å². The van der Waals surface area contributed by atoms with Crippen molar-refractivity contribution in [3.05, 3.63) is 83.4 Å². The summed E-state index contributed by atoms with van der Waals surface area (Å²) in [5.74, 6) is 0.265. The molecule has 7 heteroatoms. The molecule has 30 heavy (non-hydrogen) atoms. The Morgan fingerprint density at radius 1 is 0.733 bits per heavy atom. The van der Waals surface area contributed by atoms with Crippen LogP contribution < -0.4 is 18.9 Å². The third kappa shape index (κ3) is 4.75. The molecule has 0 spiro atoms. The standard InChI is InChI=1S/C23H17NO6/c1-27-19-11-12-20(21(13-19)28-2)23(26)30-18-9-5-16(6-10-18)22(25)29-17-7-3-15(14-24)4-8-17/h3-13H,1-2H3. The second-order valence-electron chi connectivity index (χ2n) is 6.01. The Bertz CT molecular complexity index is 1100. The van der Waals surface area contributed by atoms with Crippen molar-refractivity contribution in [1.29, 1.82) is 5.26 Å². The van der Waals surface area contributed by atoms with Gasteiger partial charge in [0.1, 0.15) is 28.6 Å². The Morgan fingerprint density at radius 2 is 1.30 bits per heavy atom. The third-order valence-electron chi connectivity index (χ3n) is 4.12. The number of rotatable bonds is 6. The van der Waals surface area contributed by atoms with Crippen molar-refractivity contribution in [2.24, 2.45) is 0 Å². The molecule has 0 radical (unpaired) electrons. The number of nitriles is 1. The number of nitrogens with zero attached hydrogens (tertiary/aromatic N) is 1. The maximum Gasteiger partial charge on any atom is 0.347 e. The van der Waals surface area contributed by atoms with Crippen LogP contribution in [0.25, 0.3) is 0 Å². The number of hydrogen-bond donors (Lipinski definition) is 0. The van der Waals surface area contributed by atoms with Crippen LogP contribution in [0.3, 0.4) is 0 Å². The van der Waals surface area contributed by atoms with Crippen molar-refractivity contribution in [2.75, 3.05) is 14.2 Å². The quantitative estimate of drug-likeness (QED) is 0.453. The summed E-state index contributed by atoms with van der Waals surface area (Å²) in [6, 6.07) is 18.9. The topological polar surface area (TPSA) is 94.9 Å². The summed E-state index contributed by atoms with van der Waals surface area (Å²) in [7, 11) is 2.96. The number of benzene rings is 3. The second kappa shape index (κ2) is 9.26. The van der Waals surface area contributed by atoms with Crippen LogP contribution in [-0.4, -0.2) is 26.2 Å². The van der Waals surface area contributed by atoms with Crippen molar-refractivity contribution in [2.45, 2.75) is 0 Å². The van der Waals surface area contributed by atoms with Crippen LogP contribution in [0.2, 0.25) is 0 Å². The summed E-state index contributed by atoms with van der Waals surface area (Å²) in [4.78, 5) is 24.7. The van der Waals surface area contributed by atoms with Gasteiger partial charge in [0, 0.05) is 6.07 Å². The van der Waals surface area contributed by atoms with E-state index in [1.165, 1.54) is 50.6 Å². The lowest BCUT2D eigenvalue weighted by Crippen LogP contribution is -2.11. The lowest BCUT2D eigenvalue weighted by Gasteiger charge is -2.10. The molecule has 0 aliphatic carbocycles. The van der Waals surface area contributed by atoms with Crippen LogP contribution in [0.5, 0.6) is 23.0 Å². The minimum Gasteiger partial charge on any atom is -0.497 e. The molecule has 3 rings (SSSR count). The van der Waals surface area contributed by atoms with Gasteiger partial charge >= 0.3 is 11.9 Å². The Morgan fingerprint density at radius 3 is 1.87 bits per heavy atom. The van der Waals surface area contributed by atoms with Crippen LogP contribution in [-0.2, 0) is 0 Å². The number of carbonyl (C=O) groups is 2. The first-order valence-corrected chi connectivity index (χ1v) is 8.80. The molecule has 0 aliphatic rings. The molecule has 0 amide bonds. The maximum atomic E-state index is 12.4. The van der Waals surface area contributed by atoms with Gasteiger partial charge in [0.05, 0.1) is 31.4 Å². The highest BCUT2D eigenvalue weighted by Crippen LogP contribution is 2.26. The molecular formula is C23H17NO6. The van der Waals surface area contributed by atoms with Gasteiger partial charge in [-0.05, 0) is 60.7 Å². The van der Waals surface area contributed by atoms with Crippen molar-refractivity contribution < 1.29 is 28.5 Å². The summed E-state index contributed by atoms with van der Waals surface area (Å²) in [6.07, 6.45) is 0. The number of methoxy groups -OCH3 is 2. The van der Waals surface area contributed by atoms with Crippen LogP contribution >= 0.6 is 0 Å². The van der Waals surface area contributed by atoms with E-state index in [2.05, 4.69) is 0 Å². The summed E-state index contributed by atoms with van der Waals surface area (Å²) in [5, 5.41) is 8.80. The highest BCUT2D eigenvalue weighted by Gasteiger charge is 2.16. The number of ether oxygens (including phenoxy) is 4. The molecule has 150 valence electrons. The number of hydrogen-bond acceptors (Lipinski definition) is 7. The predicted molar refractivity (Wildman–Crippen MR) is 107 cm³/mol. The molecule has 0 fully saturated rings. The lowest BCUT2D eigenvalue weighted by atomic mass is 10.2. The predicted octanol–water partition coefficient (Wildman–Crippen LogP) is 4.01. The summed E-state index contributed by atoms with van der Waals surface area (Å²) < 4.78 is 20.9. The highest BCUT2D eigenvalue weighted by atomic mass is 16.5. The van der Waals surface area contributed by atoms with E-state index in [-0.39, 0.29) is 16.9 Å². The molecule has 0 saturated carbocycles. The van der Waals surface area contributed by atoms with Gasteiger partial charge in [0.2, 0.25) is 0 Å². The van der Waals surface area contributed by atoms with Crippen LogP contribution in [0.15, 0.2) is 66.7 Å². The SMILES string of the molecule is COc1ccc(C(=O)Oc2ccc(C(=O)Oc3ccc(C#N)cc3)cc2)c(OC)c1. The van der Waals surface area contributed by atoms with Crippen molar-refractivity contribution in [3.8, 4) is 29.1 Å². The zero-order valence-corrected chi connectivity index (χ0v) is 16.2. The summed E-state index contributed by atoms with van der Waals surface area (Å²) in [6.45, 7) is 0. The van der Waals surface area contributed by atoms with Gasteiger partial charge in [0.25, 0.3) is 0 Å². The second-order valence-corrected chi connectivity index (χ2v) is 6.01. The monoisotopic (exact) mass is 403 g/mol. The van der Waals surface area contributed by atoms with E-state index in [1.807, 2.05) is 6.07 Å². The summed E-state index contributed by atoms with van der Waals surface area (Å²) in [5.41, 5.74) is 0.984. The van der Waals surface area contributed by atoms with E-state index >= 15 is 0 Å². The van der Waals surface area contributed by atoms with Crippen molar-refractivity contribution >= 4 is 11.9 Å². The van der Waals surface area contributed by atoms with Gasteiger partial charge in [-0.3, -0.25) is 0 Å². The molecule has 0 bridgehead atoms. The Balaban J connectivity index is 1.67. The molecule has 0 aliphatic heterocycles. The Labute approximate surface area is 173 Å². The van der Waals surface area contributed by atoms with Gasteiger partial charge in [-0.15, -0.1) is 0 Å². The van der Waals surface area contributed by atoms with Gasteiger partial charge < -0.3 is 18.9 Å². The van der Waals surface area contributed by atoms with Gasteiger partial charge in [-0.1, -0.05) is 0 Å². The number of esters is 2. The van der Waals surface area contributed by atoms with E-state index in [1.54, 1.807) is 30.3 Å².